The summed E-state index contributed by atoms with van der Waals surface area (Å²) < 4.78 is 13.2. The number of hydrogen-bond donors (Lipinski definition) is 3. The number of nitrogens with two attached hydrogens (primary N) is 1. The van der Waals surface area contributed by atoms with Gasteiger partial charge in [0.05, 0.1) is 15.6 Å². The molecule has 0 saturated heterocycles. The zero-order valence-corrected chi connectivity index (χ0v) is 11.5. The van der Waals surface area contributed by atoms with Crippen molar-refractivity contribution in [3.05, 3.63) is 44.8 Å². The Morgan fingerprint density at radius 2 is 2.14 bits per heavy atom. The summed E-state index contributed by atoms with van der Waals surface area (Å²) in [5.74, 6) is 4.49. The van der Waals surface area contributed by atoms with E-state index in [1.54, 1.807) is 0 Å². The topological polar surface area (TPSA) is 119 Å². The molecule has 0 saturated carbocycles. The van der Waals surface area contributed by atoms with E-state index in [4.69, 9.17) is 17.4 Å². The molecule has 0 fully saturated rings. The highest BCUT2D eigenvalue weighted by Crippen LogP contribution is 2.32. The maximum Gasteiger partial charge on any atom is 0.332 e. The molecule has 0 radical (unpaired) electrons. The van der Waals surface area contributed by atoms with Crippen molar-refractivity contribution in [3.63, 3.8) is 0 Å². The number of hydrazine groups is 1. The van der Waals surface area contributed by atoms with Gasteiger partial charge in [-0.1, -0.05) is 11.6 Å². The van der Waals surface area contributed by atoms with Gasteiger partial charge in [0.2, 0.25) is 11.8 Å². The summed E-state index contributed by atoms with van der Waals surface area (Å²) >= 11 is 5.91. The summed E-state index contributed by atoms with van der Waals surface area (Å²) in [7, 11) is 0. The fourth-order valence-corrected chi connectivity index (χ4v) is 1.82. The van der Waals surface area contributed by atoms with Gasteiger partial charge < -0.3 is 5.32 Å². The van der Waals surface area contributed by atoms with Crippen LogP contribution in [0.4, 0.5) is 27.5 Å². The van der Waals surface area contributed by atoms with E-state index in [1.807, 2.05) is 0 Å². The van der Waals surface area contributed by atoms with Crippen LogP contribution in [0.3, 0.4) is 0 Å². The van der Waals surface area contributed by atoms with E-state index in [2.05, 4.69) is 20.7 Å². The number of aryl methyl sites for hydroxylation is 1. The average molecular weight is 313 g/mol. The van der Waals surface area contributed by atoms with Crippen molar-refractivity contribution in [1.29, 1.82) is 0 Å². The highest BCUT2D eigenvalue weighted by Gasteiger charge is 2.22. The fourth-order valence-electron chi connectivity index (χ4n) is 1.66. The van der Waals surface area contributed by atoms with Gasteiger partial charge in [0.1, 0.15) is 11.5 Å². The van der Waals surface area contributed by atoms with Crippen LogP contribution in [-0.2, 0) is 0 Å². The predicted molar refractivity (Wildman–Crippen MR) is 75.9 cm³/mol. The maximum atomic E-state index is 13.2. The predicted octanol–water partition coefficient (Wildman–Crippen LogP) is 2.51. The molecule has 0 atom stereocenters. The Bertz CT molecular complexity index is 711. The molecule has 21 heavy (non-hydrogen) atoms. The van der Waals surface area contributed by atoms with Crippen molar-refractivity contribution in [3.8, 4) is 0 Å². The Morgan fingerprint density at radius 1 is 1.43 bits per heavy atom. The van der Waals surface area contributed by atoms with Crippen molar-refractivity contribution in [2.75, 3.05) is 10.7 Å². The summed E-state index contributed by atoms with van der Waals surface area (Å²) in [6.07, 6.45) is 0. The van der Waals surface area contributed by atoms with E-state index >= 15 is 0 Å². The Kier molecular flexibility index (Phi) is 4.15. The van der Waals surface area contributed by atoms with E-state index in [-0.39, 0.29) is 33.9 Å². The quantitative estimate of drug-likeness (QED) is 0.451. The number of nitrogens with one attached hydrogen (secondary N) is 2. The molecule has 0 amide bonds. The van der Waals surface area contributed by atoms with Crippen LogP contribution in [-0.4, -0.2) is 14.9 Å². The number of hydrogen-bond acceptors (Lipinski definition) is 7. The molecule has 1 heterocycles. The molecule has 0 aliphatic rings. The van der Waals surface area contributed by atoms with E-state index in [0.717, 1.165) is 6.07 Å². The molecule has 1 aromatic heterocycles. The maximum absolute atomic E-state index is 13.2. The van der Waals surface area contributed by atoms with Crippen LogP contribution in [0.25, 0.3) is 0 Å². The van der Waals surface area contributed by atoms with Gasteiger partial charge in [0.25, 0.3) is 0 Å². The first-order valence-electron chi connectivity index (χ1n) is 5.64. The summed E-state index contributed by atoms with van der Waals surface area (Å²) in [6, 6.07) is 3.58. The molecule has 0 aliphatic carbocycles. The highest BCUT2D eigenvalue weighted by molar-refractivity contribution is 6.33. The molecule has 8 nitrogen and oxygen atoms in total. The first-order chi connectivity index (χ1) is 9.92. The number of benzene rings is 1. The highest BCUT2D eigenvalue weighted by atomic mass is 35.5. The van der Waals surface area contributed by atoms with Gasteiger partial charge in [0, 0.05) is 0 Å². The van der Waals surface area contributed by atoms with Crippen molar-refractivity contribution >= 4 is 34.7 Å². The van der Waals surface area contributed by atoms with Gasteiger partial charge in [-0.15, -0.1) is 0 Å². The van der Waals surface area contributed by atoms with E-state index < -0.39 is 10.7 Å². The van der Waals surface area contributed by atoms with Crippen LogP contribution >= 0.6 is 11.6 Å². The molecule has 2 rings (SSSR count). The van der Waals surface area contributed by atoms with Crippen LogP contribution < -0.4 is 16.6 Å². The third-order valence-corrected chi connectivity index (χ3v) is 2.88. The monoisotopic (exact) mass is 312 g/mol. The standard InChI is InChI=1S/C11H10ClFN6O2/c1-5-9(19(20)21)10(17-11(15-5)18-14)16-8-4-6(13)2-3-7(8)12/h2-4H,14H2,1H3,(H2,15,16,17,18). The minimum Gasteiger partial charge on any atom is -0.333 e. The molecular formula is C11H10ClFN6O2. The molecule has 0 unspecified atom stereocenters. The number of rotatable bonds is 4. The van der Waals surface area contributed by atoms with Crippen LogP contribution in [0, 0.1) is 22.9 Å². The summed E-state index contributed by atoms with van der Waals surface area (Å²) in [5, 5.41) is 13.9. The number of anilines is 3. The largest absolute Gasteiger partial charge is 0.333 e. The second-order valence-corrected chi connectivity index (χ2v) is 4.39. The Morgan fingerprint density at radius 3 is 2.76 bits per heavy atom. The van der Waals surface area contributed by atoms with Crippen LogP contribution in [0.15, 0.2) is 18.2 Å². The molecule has 110 valence electrons. The molecule has 0 bridgehead atoms. The first-order valence-corrected chi connectivity index (χ1v) is 6.02. The van der Waals surface area contributed by atoms with Crippen molar-refractivity contribution < 1.29 is 9.31 Å². The van der Waals surface area contributed by atoms with E-state index in [9.17, 15) is 14.5 Å². The average Bonchev–Trinajstić information content (AvgIpc) is 2.41. The van der Waals surface area contributed by atoms with Gasteiger partial charge in [-0.05, 0) is 25.1 Å². The summed E-state index contributed by atoms with van der Waals surface area (Å²) in [5.41, 5.74) is 2.08. The zero-order chi connectivity index (χ0) is 15.6. The first kappa shape index (κ1) is 14.9. The Balaban J connectivity index is 2.54. The van der Waals surface area contributed by atoms with Gasteiger partial charge in [-0.3, -0.25) is 15.5 Å². The van der Waals surface area contributed by atoms with Gasteiger partial charge in [0.15, 0.2) is 0 Å². The molecule has 0 aliphatic heterocycles. The molecule has 2 aromatic rings. The number of halogens is 2. The smallest absolute Gasteiger partial charge is 0.332 e. The van der Waals surface area contributed by atoms with Gasteiger partial charge >= 0.3 is 5.69 Å². The lowest BCUT2D eigenvalue weighted by Gasteiger charge is -2.10. The summed E-state index contributed by atoms with van der Waals surface area (Å²) in [4.78, 5) is 18.1. The molecule has 4 N–H and O–H groups in total. The lowest BCUT2D eigenvalue weighted by Crippen LogP contribution is -2.13. The van der Waals surface area contributed by atoms with Crippen molar-refractivity contribution in [2.45, 2.75) is 6.92 Å². The van der Waals surface area contributed by atoms with Crippen molar-refractivity contribution in [1.82, 2.24) is 9.97 Å². The Labute approximate surface area is 123 Å². The molecule has 10 heteroatoms. The SMILES string of the molecule is Cc1nc(NN)nc(Nc2cc(F)ccc2Cl)c1[N+](=O)[O-]. The normalized spacial score (nSPS) is 10.3. The number of nitro groups is 1. The third kappa shape index (κ3) is 3.15. The lowest BCUT2D eigenvalue weighted by molar-refractivity contribution is -0.385. The van der Waals surface area contributed by atoms with Crippen LogP contribution in [0.5, 0.6) is 0 Å². The second kappa shape index (κ2) is 5.85. The fraction of sp³-hybridized carbons (Fsp3) is 0.0909. The minimum absolute atomic E-state index is 0.0203. The van der Waals surface area contributed by atoms with E-state index in [0.29, 0.717) is 0 Å². The second-order valence-electron chi connectivity index (χ2n) is 3.98. The van der Waals surface area contributed by atoms with Crippen LogP contribution in [0.2, 0.25) is 5.02 Å². The van der Waals surface area contributed by atoms with Gasteiger partial charge in [-0.25, -0.2) is 15.2 Å². The Hall–Kier alpha value is -2.52. The molecule has 0 spiro atoms. The molecule has 1 aromatic carbocycles. The minimum atomic E-state index is -0.648. The van der Waals surface area contributed by atoms with E-state index in [1.165, 1.54) is 19.1 Å². The lowest BCUT2D eigenvalue weighted by atomic mass is 10.3. The summed E-state index contributed by atoms with van der Waals surface area (Å²) in [6.45, 7) is 1.43. The third-order valence-electron chi connectivity index (χ3n) is 2.55. The number of aromatic nitrogens is 2. The van der Waals surface area contributed by atoms with Gasteiger partial charge in [-0.2, -0.15) is 4.98 Å². The van der Waals surface area contributed by atoms with Crippen molar-refractivity contribution in [2.24, 2.45) is 5.84 Å². The number of nitrogens with zero attached hydrogens (tertiary/aromatic N) is 3. The van der Waals surface area contributed by atoms with Crippen LogP contribution in [0.1, 0.15) is 5.69 Å². The zero-order valence-electron chi connectivity index (χ0n) is 10.7. The molecular weight excluding hydrogens is 303 g/mol. The number of nitrogen functional groups attached to an aromatic ring is 1.